The van der Waals surface area contributed by atoms with Gasteiger partial charge in [0.1, 0.15) is 0 Å². The third kappa shape index (κ3) is 2.66. The van der Waals surface area contributed by atoms with Gasteiger partial charge in [-0.15, -0.1) is 0 Å². The summed E-state index contributed by atoms with van der Waals surface area (Å²) in [6, 6.07) is -0.528. The highest BCUT2D eigenvalue weighted by molar-refractivity contribution is 7.80. The van der Waals surface area contributed by atoms with Crippen LogP contribution in [-0.2, 0) is 4.79 Å². The van der Waals surface area contributed by atoms with Crippen molar-refractivity contribution in [2.24, 2.45) is 10.8 Å². The van der Waals surface area contributed by atoms with Crippen LogP contribution in [0.4, 0.5) is 4.79 Å². The molecule has 5 N–H and O–H groups in total. The Morgan fingerprint density at radius 1 is 1.69 bits per heavy atom. The fourth-order valence-electron chi connectivity index (χ4n) is 1.44. The first kappa shape index (κ1) is 12.4. The average molecular weight is 243 g/mol. The third-order valence-corrected chi connectivity index (χ3v) is 2.16. The molecule has 1 aliphatic heterocycles. The lowest BCUT2D eigenvalue weighted by molar-refractivity contribution is -0.121. The summed E-state index contributed by atoms with van der Waals surface area (Å²) in [5.41, 5.74) is 6.41. The van der Waals surface area contributed by atoms with Crippen LogP contribution in [-0.4, -0.2) is 28.8 Å². The Balaban J connectivity index is 2.81. The van der Waals surface area contributed by atoms with Crippen LogP contribution in [0, 0.1) is 0 Å². The quantitative estimate of drug-likeness (QED) is 0.223. The minimum atomic E-state index is -1.11. The highest BCUT2D eigenvalue weighted by Gasteiger charge is 2.44. The van der Waals surface area contributed by atoms with Gasteiger partial charge in [-0.1, -0.05) is 13.3 Å². The number of hydrazone groups is 1. The van der Waals surface area contributed by atoms with Crippen LogP contribution >= 0.6 is 12.2 Å². The molecule has 1 heterocycles. The summed E-state index contributed by atoms with van der Waals surface area (Å²) in [5.74, 6) is -0.423. The van der Waals surface area contributed by atoms with E-state index in [4.69, 9.17) is 5.73 Å². The molecule has 0 aromatic rings. The first-order valence-electron chi connectivity index (χ1n) is 4.73. The largest absolute Gasteiger partial charge is 0.375 e. The topological polar surface area (TPSA) is 109 Å². The van der Waals surface area contributed by atoms with Crippen LogP contribution in [0.25, 0.3) is 0 Å². The molecular formula is C8H13N5O2S. The van der Waals surface area contributed by atoms with E-state index in [0.717, 1.165) is 0 Å². The fourth-order valence-corrected chi connectivity index (χ4v) is 1.49. The molecule has 3 amide bonds. The number of thiocarbonyl (C=S) groups is 1. The minimum absolute atomic E-state index is 0.00682. The zero-order valence-electron chi connectivity index (χ0n) is 8.74. The van der Waals surface area contributed by atoms with Gasteiger partial charge in [0.15, 0.2) is 10.7 Å². The number of urea groups is 1. The van der Waals surface area contributed by atoms with E-state index in [2.05, 4.69) is 33.4 Å². The molecule has 0 saturated carbocycles. The van der Waals surface area contributed by atoms with Crippen LogP contribution in [0.5, 0.6) is 0 Å². The van der Waals surface area contributed by atoms with Crippen molar-refractivity contribution >= 4 is 35.5 Å². The summed E-state index contributed by atoms with van der Waals surface area (Å²) >= 11 is 4.55. The van der Waals surface area contributed by atoms with Crippen LogP contribution in [0.1, 0.15) is 19.8 Å². The van der Waals surface area contributed by atoms with Crippen molar-refractivity contribution in [2.45, 2.75) is 25.3 Å². The van der Waals surface area contributed by atoms with Gasteiger partial charge in [0.05, 0.1) is 6.21 Å². The lowest BCUT2D eigenvalue weighted by Gasteiger charge is -2.19. The Morgan fingerprint density at radius 3 is 2.81 bits per heavy atom. The molecule has 7 nitrogen and oxygen atoms in total. The van der Waals surface area contributed by atoms with Crippen molar-refractivity contribution in [3.8, 4) is 0 Å². The molecule has 0 aliphatic carbocycles. The molecule has 16 heavy (non-hydrogen) atoms. The summed E-state index contributed by atoms with van der Waals surface area (Å²) < 4.78 is 0. The fraction of sp³-hybridized carbons (Fsp3) is 0.500. The Hall–Kier alpha value is -1.70. The first-order chi connectivity index (χ1) is 7.50. The highest BCUT2D eigenvalue weighted by Crippen LogP contribution is 2.15. The van der Waals surface area contributed by atoms with E-state index in [1.807, 2.05) is 6.92 Å². The summed E-state index contributed by atoms with van der Waals surface area (Å²) in [4.78, 5) is 22.7. The Morgan fingerprint density at radius 2 is 2.38 bits per heavy atom. The van der Waals surface area contributed by atoms with E-state index >= 15 is 0 Å². The van der Waals surface area contributed by atoms with Gasteiger partial charge in [0.2, 0.25) is 0 Å². The third-order valence-electron chi connectivity index (χ3n) is 2.07. The number of hydrogen-bond donors (Lipinski definition) is 4. The summed E-state index contributed by atoms with van der Waals surface area (Å²) in [6.45, 7) is 1.90. The average Bonchev–Trinajstić information content (AvgIpc) is 2.42. The Kier molecular flexibility index (Phi) is 3.78. The second-order valence-electron chi connectivity index (χ2n) is 3.36. The molecular weight excluding hydrogens is 230 g/mol. The number of nitrogens with one attached hydrogen (secondary N) is 3. The van der Waals surface area contributed by atoms with E-state index in [-0.39, 0.29) is 5.11 Å². The number of imide groups is 1. The standard InChI is InChI=1S/C8H13N5O2S/c1-2-3-8(4-10-13-6(9)16)5(14)11-7(15)12-8/h4H,2-3H2,1H3,(H3,9,13,16)(H2,11,12,14,15)/b10-4+/t8-/m1/s1. The van der Waals surface area contributed by atoms with Gasteiger partial charge in [-0.3, -0.25) is 15.5 Å². The first-order valence-corrected chi connectivity index (χ1v) is 5.14. The lowest BCUT2D eigenvalue weighted by Crippen LogP contribution is -2.49. The summed E-state index contributed by atoms with van der Waals surface area (Å²) in [5, 5.41) is 8.38. The van der Waals surface area contributed by atoms with Crippen LogP contribution in [0.2, 0.25) is 0 Å². The van der Waals surface area contributed by atoms with Gasteiger partial charge in [-0.2, -0.15) is 5.10 Å². The normalized spacial score (nSPS) is 24.3. The van der Waals surface area contributed by atoms with Crippen LogP contribution in [0.3, 0.4) is 0 Å². The molecule has 0 aromatic carbocycles. The van der Waals surface area contributed by atoms with E-state index in [9.17, 15) is 9.59 Å². The molecule has 88 valence electrons. The molecule has 0 spiro atoms. The molecule has 1 rings (SSSR count). The zero-order chi connectivity index (χ0) is 12.2. The van der Waals surface area contributed by atoms with Gasteiger partial charge in [0.25, 0.3) is 5.91 Å². The van der Waals surface area contributed by atoms with Crippen molar-refractivity contribution in [2.75, 3.05) is 0 Å². The van der Waals surface area contributed by atoms with Gasteiger partial charge >= 0.3 is 6.03 Å². The van der Waals surface area contributed by atoms with Crippen molar-refractivity contribution in [1.82, 2.24) is 16.1 Å². The number of nitrogens with two attached hydrogens (primary N) is 1. The number of nitrogens with zero attached hydrogens (tertiary/aromatic N) is 1. The van der Waals surface area contributed by atoms with Gasteiger partial charge < -0.3 is 11.1 Å². The highest BCUT2D eigenvalue weighted by atomic mass is 32.1. The van der Waals surface area contributed by atoms with Gasteiger partial charge in [0, 0.05) is 0 Å². The van der Waals surface area contributed by atoms with E-state index in [0.29, 0.717) is 12.8 Å². The number of carbonyl (C=O) groups is 2. The second-order valence-corrected chi connectivity index (χ2v) is 3.80. The van der Waals surface area contributed by atoms with Crippen LogP contribution in [0.15, 0.2) is 5.10 Å². The molecule has 0 aromatic heterocycles. The van der Waals surface area contributed by atoms with Crippen molar-refractivity contribution in [3.05, 3.63) is 0 Å². The molecule has 0 bridgehead atoms. The predicted octanol–water partition coefficient (Wildman–Crippen LogP) is -0.816. The number of carbonyl (C=O) groups excluding carboxylic acids is 2. The lowest BCUT2D eigenvalue weighted by atomic mass is 9.96. The minimum Gasteiger partial charge on any atom is -0.375 e. The van der Waals surface area contributed by atoms with Gasteiger partial charge in [-0.25, -0.2) is 4.79 Å². The number of hydrogen-bond acceptors (Lipinski definition) is 4. The second kappa shape index (κ2) is 4.88. The number of rotatable bonds is 4. The smallest absolute Gasteiger partial charge is 0.322 e. The van der Waals surface area contributed by atoms with Crippen molar-refractivity contribution < 1.29 is 9.59 Å². The molecule has 1 fully saturated rings. The predicted molar refractivity (Wildman–Crippen MR) is 62.7 cm³/mol. The maximum absolute atomic E-state index is 11.6. The van der Waals surface area contributed by atoms with E-state index in [1.165, 1.54) is 6.21 Å². The monoisotopic (exact) mass is 243 g/mol. The summed E-state index contributed by atoms with van der Waals surface area (Å²) in [6.07, 6.45) is 2.47. The van der Waals surface area contributed by atoms with Gasteiger partial charge in [-0.05, 0) is 18.6 Å². The molecule has 1 atom stereocenters. The van der Waals surface area contributed by atoms with E-state index < -0.39 is 17.5 Å². The summed E-state index contributed by atoms with van der Waals surface area (Å²) in [7, 11) is 0. The maximum Gasteiger partial charge on any atom is 0.322 e. The zero-order valence-corrected chi connectivity index (χ0v) is 9.56. The van der Waals surface area contributed by atoms with Crippen molar-refractivity contribution in [1.29, 1.82) is 0 Å². The van der Waals surface area contributed by atoms with Crippen molar-refractivity contribution in [3.63, 3.8) is 0 Å². The molecule has 1 aliphatic rings. The number of amides is 3. The molecule has 1 saturated heterocycles. The Bertz CT molecular complexity index is 356. The van der Waals surface area contributed by atoms with E-state index in [1.54, 1.807) is 0 Å². The molecule has 0 unspecified atom stereocenters. The maximum atomic E-state index is 11.6. The molecule has 8 heteroatoms. The van der Waals surface area contributed by atoms with Crippen LogP contribution < -0.4 is 21.8 Å². The molecule has 0 radical (unpaired) electrons. The SMILES string of the molecule is CCC[C@]1(/C=N/NC(N)=S)NC(=O)NC1=O. The Labute approximate surface area is 97.8 Å².